The third kappa shape index (κ3) is 11.0. The number of nitro groups is 1. The number of nitrogens with zero attached hydrogens (tertiary/aromatic N) is 6. The fraction of sp³-hybridized carbons (Fsp3) is 0.389. The molecule has 0 aliphatic carbocycles. The molecular formula is C54H66N10O8. The number of anilines is 3. The monoisotopic (exact) mass is 983 g/mol. The molecular weight excluding hydrogens is 917 g/mol. The Labute approximate surface area is 419 Å². The molecule has 7 aromatic rings. The van der Waals surface area contributed by atoms with Gasteiger partial charge < -0.3 is 53.6 Å². The molecule has 0 spiro atoms. The number of nitrogens with two attached hydrogens (primary N) is 2. The average Bonchev–Trinajstić information content (AvgIpc) is 4.22. The Morgan fingerprint density at radius 3 is 1.68 bits per heavy atom. The zero-order valence-electron chi connectivity index (χ0n) is 41.6. The van der Waals surface area contributed by atoms with E-state index in [1.807, 2.05) is 104 Å². The number of rotatable bonds is 18. The van der Waals surface area contributed by atoms with Crippen molar-refractivity contribution in [3.8, 4) is 40.1 Å². The second kappa shape index (κ2) is 22.3. The number of nitrogen functional groups attached to an aromatic ring is 1. The molecule has 6 N–H and O–H groups in total. The first-order valence-electron chi connectivity index (χ1n) is 25.1. The van der Waals surface area contributed by atoms with Crippen molar-refractivity contribution in [3.63, 3.8) is 0 Å². The lowest BCUT2D eigenvalue weighted by molar-refractivity contribution is -0.383. The van der Waals surface area contributed by atoms with Crippen molar-refractivity contribution in [3.05, 3.63) is 131 Å². The normalized spacial score (nSPS) is 17.3. The van der Waals surface area contributed by atoms with Crippen molar-refractivity contribution in [2.75, 3.05) is 69.0 Å². The van der Waals surface area contributed by atoms with Crippen LogP contribution in [-0.4, -0.2) is 93.3 Å². The van der Waals surface area contributed by atoms with Gasteiger partial charge in [-0.25, -0.2) is 0 Å². The van der Waals surface area contributed by atoms with Gasteiger partial charge in [-0.3, -0.25) is 25.6 Å². The van der Waals surface area contributed by atoms with E-state index in [4.69, 9.17) is 39.6 Å². The van der Waals surface area contributed by atoms with E-state index >= 15 is 0 Å². The van der Waals surface area contributed by atoms with E-state index in [-0.39, 0.29) is 23.2 Å². The summed E-state index contributed by atoms with van der Waals surface area (Å²) < 4.78 is 40.1. The molecule has 2 saturated heterocycles. The Morgan fingerprint density at radius 2 is 1.21 bits per heavy atom. The highest BCUT2D eigenvalue weighted by molar-refractivity contribution is 5.84. The lowest BCUT2D eigenvalue weighted by Crippen LogP contribution is -2.58. The van der Waals surface area contributed by atoms with Crippen LogP contribution in [0.25, 0.3) is 22.5 Å². The van der Waals surface area contributed by atoms with Crippen molar-refractivity contribution in [2.24, 2.45) is 11.7 Å². The van der Waals surface area contributed by atoms with Crippen LogP contribution in [0.15, 0.2) is 114 Å². The number of para-hydroxylation sites is 2. The van der Waals surface area contributed by atoms with Gasteiger partial charge in [0.25, 0.3) is 11.7 Å². The van der Waals surface area contributed by atoms with Gasteiger partial charge in [0.15, 0.2) is 11.1 Å². The number of non-ortho nitro benzene ring substituents is 1. The standard InChI is InChI=1S/C27H31N5O5.C27H35N5O3/c1-3-35-23-16-19(17-24(36-4-2)26(23)31-12-5-6-13-31)18-30-14-10-20(11-15-30)28-27-29-25-21(32(33)34)8-7-9-22(25)37-27;1-3-33-23-16-19(17-24(34-4-2)26(23)32-12-5-6-13-32)18-31-14-10-20(11-15-31)27(29)30-25-21(28)8-7-9-22(25)35-27/h5-9,12-13,16-17,20H,3-4,10-11,14-15,18H2,1-2H3,(H,28,29);5-9,12-13,16-17,20,30H,3-4,10-11,14-15,18,28-29H2,1-2H3. The van der Waals surface area contributed by atoms with E-state index in [2.05, 4.69) is 49.7 Å². The summed E-state index contributed by atoms with van der Waals surface area (Å²) in [6.07, 6.45) is 11.7. The molecule has 2 fully saturated rings. The summed E-state index contributed by atoms with van der Waals surface area (Å²) in [4.78, 5) is 20.0. The number of benzene rings is 4. The third-order valence-corrected chi connectivity index (χ3v) is 13.3. The minimum Gasteiger partial charge on any atom is -0.492 e. The maximum atomic E-state index is 11.3. The molecule has 1 unspecified atom stereocenters. The van der Waals surface area contributed by atoms with Gasteiger partial charge in [-0.2, -0.15) is 4.98 Å². The van der Waals surface area contributed by atoms with Crippen LogP contribution in [0.1, 0.15) is 64.5 Å². The maximum absolute atomic E-state index is 11.3. The predicted molar refractivity (Wildman–Crippen MR) is 279 cm³/mol. The Hall–Kier alpha value is -7.41. The van der Waals surface area contributed by atoms with Gasteiger partial charge in [0, 0.05) is 69.0 Å². The van der Waals surface area contributed by atoms with Crippen molar-refractivity contribution in [2.45, 2.75) is 78.4 Å². The summed E-state index contributed by atoms with van der Waals surface area (Å²) in [6, 6.07) is 27.4. The average molecular weight is 983 g/mol. The molecule has 72 heavy (non-hydrogen) atoms. The topological polar surface area (TPSA) is 208 Å². The van der Waals surface area contributed by atoms with Crippen molar-refractivity contribution in [1.82, 2.24) is 23.9 Å². The fourth-order valence-electron chi connectivity index (χ4n) is 9.94. The molecule has 6 heterocycles. The zero-order chi connectivity index (χ0) is 50.2. The van der Waals surface area contributed by atoms with Crippen LogP contribution in [0.3, 0.4) is 0 Å². The molecule has 1 atom stereocenters. The number of fused-ring (bicyclic) bond motifs is 2. The number of hydrogen-bond donors (Lipinski definition) is 4. The zero-order valence-corrected chi connectivity index (χ0v) is 41.6. The molecule has 10 rings (SSSR count). The van der Waals surface area contributed by atoms with E-state index in [0.29, 0.717) is 43.7 Å². The molecule has 18 heteroatoms. The highest BCUT2D eigenvalue weighted by Gasteiger charge is 2.44. The molecule has 380 valence electrons. The highest BCUT2D eigenvalue weighted by atomic mass is 16.6. The van der Waals surface area contributed by atoms with Crippen molar-refractivity contribution >= 4 is 34.2 Å². The van der Waals surface area contributed by atoms with Crippen LogP contribution in [0.5, 0.6) is 28.7 Å². The summed E-state index contributed by atoms with van der Waals surface area (Å²) in [5.74, 6) is 3.26. The molecule has 0 radical (unpaired) electrons. The van der Waals surface area contributed by atoms with Gasteiger partial charge in [0.2, 0.25) is 5.85 Å². The lowest BCUT2D eigenvalue weighted by Gasteiger charge is -2.39. The van der Waals surface area contributed by atoms with E-state index in [0.717, 1.165) is 116 Å². The molecule has 3 aliphatic heterocycles. The van der Waals surface area contributed by atoms with E-state index < -0.39 is 10.8 Å². The number of ether oxygens (including phenoxy) is 5. The van der Waals surface area contributed by atoms with Crippen molar-refractivity contribution in [1.29, 1.82) is 0 Å². The van der Waals surface area contributed by atoms with Gasteiger partial charge >= 0.3 is 0 Å². The number of hydrogen-bond acceptors (Lipinski definition) is 15. The molecule has 0 amide bonds. The fourth-order valence-corrected chi connectivity index (χ4v) is 9.94. The molecule has 0 saturated carbocycles. The van der Waals surface area contributed by atoms with Crippen LogP contribution in [0, 0.1) is 16.0 Å². The number of oxazole rings is 1. The third-order valence-electron chi connectivity index (χ3n) is 13.3. The van der Waals surface area contributed by atoms with Crippen LogP contribution in [-0.2, 0) is 13.1 Å². The summed E-state index contributed by atoms with van der Waals surface area (Å²) in [5, 5.41) is 18.0. The van der Waals surface area contributed by atoms with Crippen LogP contribution < -0.4 is 45.8 Å². The Kier molecular flexibility index (Phi) is 15.4. The SMILES string of the molecule is CCOc1cc(CN2CCC(C3(N)Nc4c(N)cccc4O3)CC2)cc(OCC)c1-n1cccc1.CCOc1cc(CN2CCC(Nc3nc4c([N+](=O)[O-])cccc4o3)CC2)cc(OCC)c1-n1cccc1. The summed E-state index contributed by atoms with van der Waals surface area (Å²) in [5.41, 5.74) is 19.0. The van der Waals surface area contributed by atoms with Gasteiger partial charge in [0.05, 0.1) is 37.0 Å². The quantitative estimate of drug-likeness (QED) is 0.0359. The van der Waals surface area contributed by atoms with Gasteiger partial charge in [-0.15, -0.1) is 0 Å². The first kappa shape index (κ1) is 49.6. The maximum Gasteiger partial charge on any atom is 0.298 e. The van der Waals surface area contributed by atoms with Gasteiger partial charge in [-0.1, -0.05) is 12.1 Å². The minimum absolute atomic E-state index is 0.0512. The number of aromatic nitrogens is 3. The van der Waals surface area contributed by atoms with E-state index in [9.17, 15) is 10.1 Å². The molecule has 3 aromatic heterocycles. The smallest absolute Gasteiger partial charge is 0.298 e. The largest absolute Gasteiger partial charge is 0.492 e. The van der Waals surface area contributed by atoms with Crippen LogP contribution in [0.4, 0.5) is 23.1 Å². The highest BCUT2D eigenvalue weighted by Crippen LogP contribution is 2.44. The summed E-state index contributed by atoms with van der Waals surface area (Å²) in [6.45, 7) is 15.5. The summed E-state index contributed by atoms with van der Waals surface area (Å²) >= 11 is 0. The number of piperidine rings is 2. The lowest BCUT2D eigenvalue weighted by atomic mass is 9.91. The first-order chi connectivity index (χ1) is 35.1. The van der Waals surface area contributed by atoms with Gasteiger partial charge in [0.1, 0.15) is 45.8 Å². The Morgan fingerprint density at radius 1 is 0.722 bits per heavy atom. The van der Waals surface area contributed by atoms with E-state index in [1.165, 1.54) is 11.6 Å². The van der Waals surface area contributed by atoms with E-state index in [1.54, 1.807) is 12.1 Å². The molecule has 18 nitrogen and oxygen atoms in total. The van der Waals surface area contributed by atoms with Crippen LogP contribution in [0.2, 0.25) is 0 Å². The Balaban J connectivity index is 0.000000178. The first-order valence-corrected chi connectivity index (χ1v) is 25.1. The summed E-state index contributed by atoms with van der Waals surface area (Å²) in [7, 11) is 0. The second-order valence-electron chi connectivity index (χ2n) is 18.2. The number of likely N-dealkylation sites (tertiary alicyclic amines) is 2. The number of nitro benzene ring substituents is 1. The predicted octanol–water partition coefficient (Wildman–Crippen LogP) is 9.59. The van der Waals surface area contributed by atoms with Gasteiger partial charge in [-0.05, 0) is 144 Å². The van der Waals surface area contributed by atoms with Crippen LogP contribution >= 0.6 is 0 Å². The minimum atomic E-state index is -0.924. The Bertz CT molecular complexity index is 2850. The number of nitrogens with one attached hydrogen (secondary N) is 2. The molecule has 0 bridgehead atoms. The molecule has 3 aliphatic rings. The van der Waals surface area contributed by atoms with Crippen molar-refractivity contribution < 1.29 is 33.0 Å². The molecule has 4 aromatic carbocycles. The second-order valence-corrected chi connectivity index (χ2v) is 18.2.